The Morgan fingerprint density at radius 2 is 1.73 bits per heavy atom. The van der Waals surface area contributed by atoms with Crippen LogP contribution in [-0.4, -0.2) is 25.0 Å². The van der Waals surface area contributed by atoms with Crippen LogP contribution in [0.4, 0.5) is 5.69 Å². The monoisotopic (exact) mass is 297 g/mol. The number of hydrogen-bond donors (Lipinski definition) is 4. The van der Waals surface area contributed by atoms with Crippen LogP contribution in [0.3, 0.4) is 0 Å². The van der Waals surface area contributed by atoms with Gasteiger partial charge in [-0.3, -0.25) is 9.79 Å². The molecule has 0 atom stereocenters. The van der Waals surface area contributed by atoms with E-state index < -0.39 is 0 Å². The van der Waals surface area contributed by atoms with Gasteiger partial charge in [0.05, 0.1) is 6.54 Å². The van der Waals surface area contributed by atoms with Crippen molar-refractivity contribution in [2.45, 2.75) is 0 Å². The maximum absolute atomic E-state index is 12.1. The summed E-state index contributed by atoms with van der Waals surface area (Å²) in [6.45, 7) is 0.724. The second-order valence-electron chi connectivity index (χ2n) is 4.77. The highest BCUT2D eigenvalue weighted by atomic mass is 16.1. The van der Waals surface area contributed by atoms with Crippen molar-refractivity contribution >= 4 is 17.6 Å². The number of anilines is 1. The number of nitrogens with one attached hydrogen (secondary N) is 1. The molecular formula is C16H19N5O. The third-order valence-corrected chi connectivity index (χ3v) is 3.04. The molecule has 0 unspecified atom stereocenters. The molecule has 0 aromatic heterocycles. The quantitative estimate of drug-likeness (QED) is 0.284. The van der Waals surface area contributed by atoms with Gasteiger partial charge >= 0.3 is 0 Å². The number of benzene rings is 2. The molecule has 0 fully saturated rings. The zero-order chi connectivity index (χ0) is 15.9. The van der Waals surface area contributed by atoms with E-state index in [1.54, 1.807) is 6.07 Å². The smallest absolute Gasteiger partial charge is 0.251 e. The molecule has 2 aromatic rings. The highest BCUT2D eigenvalue weighted by Crippen LogP contribution is 2.22. The summed E-state index contributed by atoms with van der Waals surface area (Å²) < 4.78 is 0. The first-order chi connectivity index (χ1) is 10.6. The molecular weight excluding hydrogens is 278 g/mol. The maximum Gasteiger partial charge on any atom is 0.251 e. The van der Waals surface area contributed by atoms with Crippen LogP contribution in [0.1, 0.15) is 10.4 Å². The van der Waals surface area contributed by atoms with Crippen LogP contribution in [-0.2, 0) is 0 Å². The van der Waals surface area contributed by atoms with E-state index in [4.69, 9.17) is 17.2 Å². The van der Waals surface area contributed by atoms with Gasteiger partial charge in [0.15, 0.2) is 5.96 Å². The van der Waals surface area contributed by atoms with E-state index in [-0.39, 0.29) is 11.9 Å². The van der Waals surface area contributed by atoms with Crippen molar-refractivity contribution < 1.29 is 4.79 Å². The summed E-state index contributed by atoms with van der Waals surface area (Å²) >= 11 is 0. The summed E-state index contributed by atoms with van der Waals surface area (Å²) in [4.78, 5) is 15.9. The lowest BCUT2D eigenvalue weighted by atomic mass is 10.0. The van der Waals surface area contributed by atoms with E-state index in [9.17, 15) is 4.79 Å². The molecule has 0 spiro atoms. The van der Waals surface area contributed by atoms with Gasteiger partial charge < -0.3 is 22.5 Å². The Kier molecular flexibility index (Phi) is 4.98. The summed E-state index contributed by atoms with van der Waals surface area (Å²) in [6.07, 6.45) is 0. The van der Waals surface area contributed by atoms with Crippen molar-refractivity contribution in [2.75, 3.05) is 18.8 Å². The maximum atomic E-state index is 12.1. The topological polar surface area (TPSA) is 120 Å². The van der Waals surface area contributed by atoms with Crippen molar-refractivity contribution in [3.05, 3.63) is 54.1 Å². The molecule has 1 amide bonds. The summed E-state index contributed by atoms with van der Waals surface area (Å²) in [5.41, 5.74) is 19.4. The van der Waals surface area contributed by atoms with Crippen molar-refractivity contribution in [2.24, 2.45) is 16.5 Å². The molecule has 2 aromatic carbocycles. The summed E-state index contributed by atoms with van der Waals surface area (Å²) in [7, 11) is 0. The number of carbonyl (C=O) groups excluding carboxylic acids is 1. The largest absolute Gasteiger partial charge is 0.399 e. The zero-order valence-electron chi connectivity index (χ0n) is 12.1. The molecule has 22 heavy (non-hydrogen) atoms. The van der Waals surface area contributed by atoms with E-state index in [0.717, 1.165) is 11.1 Å². The number of aliphatic imine (C=N–C) groups is 1. The van der Waals surface area contributed by atoms with Gasteiger partial charge in [0.1, 0.15) is 0 Å². The minimum atomic E-state index is -0.170. The third kappa shape index (κ3) is 4.24. The SMILES string of the molecule is NC(N)=NCCNC(=O)c1cccc(-c2cccc(N)c2)c1. The molecule has 0 aliphatic carbocycles. The van der Waals surface area contributed by atoms with Gasteiger partial charge in [0.25, 0.3) is 5.91 Å². The van der Waals surface area contributed by atoms with Crippen molar-refractivity contribution in [1.29, 1.82) is 0 Å². The number of amides is 1. The number of nitrogens with two attached hydrogens (primary N) is 3. The van der Waals surface area contributed by atoms with Gasteiger partial charge in [-0.25, -0.2) is 0 Å². The van der Waals surface area contributed by atoms with Gasteiger partial charge in [0.2, 0.25) is 0 Å². The van der Waals surface area contributed by atoms with Crippen LogP contribution in [0.25, 0.3) is 11.1 Å². The number of hydrogen-bond acceptors (Lipinski definition) is 3. The van der Waals surface area contributed by atoms with E-state index in [2.05, 4.69) is 10.3 Å². The number of nitrogen functional groups attached to an aromatic ring is 1. The van der Waals surface area contributed by atoms with E-state index in [1.807, 2.05) is 42.5 Å². The van der Waals surface area contributed by atoms with Gasteiger partial charge in [0, 0.05) is 17.8 Å². The fraction of sp³-hybridized carbons (Fsp3) is 0.125. The molecule has 7 N–H and O–H groups in total. The van der Waals surface area contributed by atoms with Crippen LogP contribution < -0.4 is 22.5 Å². The molecule has 0 aliphatic heterocycles. The highest BCUT2D eigenvalue weighted by Gasteiger charge is 2.06. The average Bonchev–Trinajstić information content (AvgIpc) is 2.51. The van der Waals surface area contributed by atoms with Crippen LogP contribution in [0.15, 0.2) is 53.5 Å². The standard InChI is InChI=1S/C16H19N5O/c17-14-6-2-4-12(10-14)11-3-1-5-13(9-11)15(22)20-7-8-21-16(18)19/h1-6,9-10H,7-8,17H2,(H,20,22)(H4,18,19,21). The lowest BCUT2D eigenvalue weighted by molar-refractivity contribution is 0.0955. The molecule has 0 radical (unpaired) electrons. The molecule has 0 aliphatic rings. The Balaban J connectivity index is 2.08. The lowest BCUT2D eigenvalue weighted by Gasteiger charge is -2.07. The van der Waals surface area contributed by atoms with Crippen LogP contribution >= 0.6 is 0 Å². The predicted molar refractivity (Wildman–Crippen MR) is 89.3 cm³/mol. The Morgan fingerprint density at radius 1 is 1.05 bits per heavy atom. The predicted octanol–water partition coefficient (Wildman–Crippen LogP) is 0.939. The lowest BCUT2D eigenvalue weighted by Crippen LogP contribution is -2.28. The van der Waals surface area contributed by atoms with Gasteiger partial charge in [-0.05, 0) is 35.4 Å². The van der Waals surface area contributed by atoms with Crippen molar-refractivity contribution in [3.63, 3.8) is 0 Å². The summed E-state index contributed by atoms with van der Waals surface area (Å²) in [5.74, 6) is -0.158. The number of carbonyl (C=O) groups is 1. The van der Waals surface area contributed by atoms with Crippen molar-refractivity contribution in [1.82, 2.24) is 5.32 Å². The summed E-state index contributed by atoms with van der Waals surface area (Å²) in [6, 6.07) is 14.9. The average molecular weight is 297 g/mol. The first-order valence-corrected chi connectivity index (χ1v) is 6.86. The Bertz CT molecular complexity index is 692. The Hall–Kier alpha value is -3.02. The zero-order valence-corrected chi connectivity index (χ0v) is 12.1. The normalized spacial score (nSPS) is 10.0. The molecule has 0 bridgehead atoms. The minimum Gasteiger partial charge on any atom is -0.399 e. The molecule has 2 rings (SSSR count). The van der Waals surface area contributed by atoms with Crippen LogP contribution in [0, 0.1) is 0 Å². The molecule has 6 heteroatoms. The van der Waals surface area contributed by atoms with Crippen LogP contribution in [0.2, 0.25) is 0 Å². The first kappa shape index (κ1) is 15.4. The first-order valence-electron chi connectivity index (χ1n) is 6.86. The third-order valence-electron chi connectivity index (χ3n) is 3.04. The fourth-order valence-electron chi connectivity index (χ4n) is 2.01. The molecule has 114 valence electrons. The molecule has 0 saturated heterocycles. The summed E-state index contributed by atoms with van der Waals surface area (Å²) in [5, 5.41) is 2.76. The molecule has 0 saturated carbocycles. The van der Waals surface area contributed by atoms with Crippen LogP contribution in [0.5, 0.6) is 0 Å². The van der Waals surface area contributed by atoms with E-state index in [1.165, 1.54) is 0 Å². The van der Waals surface area contributed by atoms with Crippen molar-refractivity contribution in [3.8, 4) is 11.1 Å². The van der Waals surface area contributed by atoms with E-state index in [0.29, 0.717) is 24.3 Å². The molecule has 6 nitrogen and oxygen atoms in total. The minimum absolute atomic E-state index is 0.0120. The van der Waals surface area contributed by atoms with Gasteiger partial charge in [-0.15, -0.1) is 0 Å². The number of nitrogens with zero attached hydrogens (tertiary/aromatic N) is 1. The van der Waals surface area contributed by atoms with Gasteiger partial charge in [-0.2, -0.15) is 0 Å². The highest BCUT2D eigenvalue weighted by molar-refractivity contribution is 5.95. The fourth-order valence-corrected chi connectivity index (χ4v) is 2.01. The second kappa shape index (κ2) is 7.12. The van der Waals surface area contributed by atoms with E-state index >= 15 is 0 Å². The second-order valence-corrected chi connectivity index (χ2v) is 4.77. The Labute approximate surface area is 129 Å². The van der Waals surface area contributed by atoms with Gasteiger partial charge in [-0.1, -0.05) is 24.3 Å². The molecule has 0 heterocycles. The number of guanidine groups is 1. The Morgan fingerprint density at radius 3 is 2.41 bits per heavy atom. The number of rotatable bonds is 5.